The molecule has 2 rings (SSSR count). The smallest absolute Gasteiger partial charge is 0.252 e. The Labute approximate surface area is 131 Å². The summed E-state index contributed by atoms with van der Waals surface area (Å²) in [4.78, 5) is 14.5. The van der Waals surface area contributed by atoms with Crippen LogP contribution in [-0.4, -0.2) is 36.5 Å². The molecule has 0 atom stereocenters. The van der Waals surface area contributed by atoms with Gasteiger partial charge in [-0.25, -0.2) is 0 Å². The number of nitrogens with zero attached hydrogens (tertiary/aromatic N) is 2. The van der Waals surface area contributed by atoms with E-state index < -0.39 is 5.54 Å². The molecule has 20 heavy (non-hydrogen) atoms. The van der Waals surface area contributed by atoms with E-state index in [1.165, 1.54) is 0 Å². The van der Waals surface area contributed by atoms with E-state index in [4.69, 9.17) is 11.6 Å². The molecular formula is C14H15BrClN3O. The van der Waals surface area contributed by atoms with Gasteiger partial charge in [-0.1, -0.05) is 27.5 Å². The molecular weight excluding hydrogens is 342 g/mol. The second kappa shape index (κ2) is 6.13. The van der Waals surface area contributed by atoms with Crippen LogP contribution in [0.15, 0.2) is 22.7 Å². The third-order valence-electron chi connectivity index (χ3n) is 3.53. The minimum atomic E-state index is -0.779. The number of piperidine rings is 1. The average Bonchev–Trinajstić information content (AvgIpc) is 2.40. The molecule has 0 spiro atoms. The van der Waals surface area contributed by atoms with Gasteiger partial charge in [-0.2, -0.15) is 5.26 Å². The summed E-state index contributed by atoms with van der Waals surface area (Å²) in [5, 5.41) is 12.8. The Morgan fingerprint density at radius 2 is 2.10 bits per heavy atom. The number of likely N-dealkylation sites (tertiary alicyclic amines) is 1. The lowest BCUT2D eigenvalue weighted by molar-refractivity contribution is 0.0882. The van der Waals surface area contributed by atoms with E-state index in [0.29, 0.717) is 23.4 Å². The molecule has 0 saturated carbocycles. The lowest BCUT2D eigenvalue weighted by atomic mass is 9.89. The van der Waals surface area contributed by atoms with Crippen molar-refractivity contribution in [3.63, 3.8) is 0 Å². The summed E-state index contributed by atoms with van der Waals surface area (Å²) in [6.45, 7) is 1.60. The fraction of sp³-hybridized carbons (Fsp3) is 0.429. The molecule has 1 fully saturated rings. The van der Waals surface area contributed by atoms with Crippen LogP contribution in [0.25, 0.3) is 0 Å². The summed E-state index contributed by atoms with van der Waals surface area (Å²) < 4.78 is 0.740. The molecule has 0 aromatic heterocycles. The molecule has 1 aliphatic heterocycles. The van der Waals surface area contributed by atoms with Gasteiger partial charge >= 0.3 is 0 Å². The number of nitrogens with one attached hydrogen (secondary N) is 1. The van der Waals surface area contributed by atoms with Gasteiger partial charge < -0.3 is 10.2 Å². The van der Waals surface area contributed by atoms with Crippen molar-refractivity contribution in [1.29, 1.82) is 5.26 Å². The summed E-state index contributed by atoms with van der Waals surface area (Å²) in [6, 6.07) is 7.28. The second-order valence-corrected chi connectivity index (χ2v) is 6.46. The topological polar surface area (TPSA) is 56.1 Å². The van der Waals surface area contributed by atoms with Crippen molar-refractivity contribution >= 4 is 33.4 Å². The van der Waals surface area contributed by atoms with Crippen molar-refractivity contribution in [2.24, 2.45) is 0 Å². The monoisotopic (exact) mass is 355 g/mol. The Morgan fingerprint density at radius 3 is 2.65 bits per heavy atom. The van der Waals surface area contributed by atoms with Crippen molar-refractivity contribution in [1.82, 2.24) is 10.2 Å². The number of nitriles is 1. The maximum atomic E-state index is 12.3. The minimum absolute atomic E-state index is 0.265. The Bertz CT molecular complexity index is 542. The van der Waals surface area contributed by atoms with Gasteiger partial charge in [0.05, 0.1) is 6.07 Å². The molecule has 6 heteroatoms. The molecule has 0 unspecified atom stereocenters. The van der Waals surface area contributed by atoms with Gasteiger partial charge in [0.25, 0.3) is 5.91 Å². The molecule has 1 N–H and O–H groups in total. The lowest BCUT2D eigenvalue weighted by Gasteiger charge is -2.36. The van der Waals surface area contributed by atoms with E-state index in [1.54, 1.807) is 18.2 Å². The molecule has 1 saturated heterocycles. The van der Waals surface area contributed by atoms with Crippen LogP contribution in [0.1, 0.15) is 23.2 Å². The van der Waals surface area contributed by atoms with Crippen LogP contribution in [0, 0.1) is 11.3 Å². The number of amides is 1. The maximum Gasteiger partial charge on any atom is 0.252 e. The number of hydrogen-bond donors (Lipinski definition) is 1. The zero-order valence-corrected chi connectivity index (χ0v) is 13.5. The van der Waals surface area contributed by atoms with E-state index in [9.17, 15) is 10.1 Å². The summed E-state index contributed by atoms with van der Waals surface area (Å²) in [5.74, 6) is -0.265. The zero-order valence-electron chi connectivity index (χ0n) is 11.1. The van der Waals surface area contributed by atoms with Crippen LogP contribution in [0.4, 0.5) is 0 Å². The maximum absolute atomic E-state index is 12.3. The molecule has 1 aliphatic rings. The number of benzene rings is 1. The number of carbonyl (C=O) groups is 1. The zero-order chi connectivity index (χ0) is 14.8. The molecule has 1 heterocycles. The number of halogens is 2. The summed E-state index contributed by atoms with van der Waals surface area (Å²) in [7, 11) is 2.01. The first-order valence-corrected chi connectivity index (χ1v) is 7.50. The third kappa shape index (κ3) is 3.51. The van der Waals surface area contributed by atoms with Crippen molar-refractivity contribution in [3.8, 4) is 6.07 Å². The molecule has 0 radical (unpaired) electrons. The van der Waals surface area contributed by atoms with Gasteiger partial charge in [-0.15, -0.1) is 0 Å². The number of rotatable bonds is 2. The first-order chi connectivity index (χ1) is 9.44. The van der Waals surface area contributed by atoms with E-state index in [-0.39, 0.29) is 5.91 Å². The van der Waals surface area contributed by atoms with Crippen molar-refractivity contribution in [3.05, 3.63) is 33.3 Å². The highest BCUT2D eigenvalue weighted by Gasteiger charge is 2.35. The normalized spacial score (nSPS) is 18.3. The van der Waals surface area contributed by atoms with Crippen molar-refractivity contribution in [2.75, 3.05) is 20.1 Å². The van der Waals surface area contributed by atoms with Crippen LogP contribution >= 0.6 is 27.5 Å². The van der Waals surface area contributed by atoms with Crippen LogP contribution < -0.4 is 5.32 Å². The highest BCUT2D eigenvalue weighted by atomic mass is 79.9. The lowest BCUT2D eigenvalue weighted by Crippen LogP contribution is -2.53. The van der Waals surface area contributed by atoms with Crippen LogP contribution in [0.2, 0.25) is 5.02 Å². The standard InChI is InChI=1S/C14H15BrClN3O/c1-19-4-2-14(9-17,3-5-19)18-13(20)10-6-11(15)8-12(16)7-10/h6-8H,2-5H2,1H3,(H,18,20). The fourth-order valence-electron chi connectivity index (χ4n) is 2.24. The highest BCUT2D eigenvalue weighted by molar-refractivity contribution is 9.10. The quantitative estimate of drug-likeness (QED) is 0.886. The molecule has 1 aromatic rings. The van der Waals surface area contributed by atoms with Gasteiger partial charge in [0.2, 0.25) is 0 Å². The summed E-state index contributed by atoms with van der Waals surface area (Å²) >= 11 is 9.25. The van der Waals surface area contributed by atoms with E-state index in [0.717, 1.165) is 17.6 Å². The Hall–Kier alpha value is -1.09. The van der Waals surface area contributed by atoms with E-state index in [2.05, 4.69) is 32.2 Å². The molecule has 1 aromatic carbocycles. The van der Waals surface area contributed by atoms with Gasteiger partial charge in [0, 0.05) is 28.1 Å². The summed E-state index contributed by atoms with van der Waals surface area (Å²) in [5.41, 5.74) is -0.323. The van der Waals surface area contributed by atoms with Gasteiger partial charge in [0.15, 0.2) is 0 Å². The predicted molar refractivity (Wildman–Crippen MR) is 81.7 cm³/mol. The average molecular weight is 357 g/mol. The van der Waals surface area contributed by atoms with Gasteiger partial charge in [-0.3, -0.25) is 4.79 Å². The third-order valence-corrected chi connectivity index (χ3v) is 4.21. The molecule has 106 valence electrons. The minimum Gasteiger partial charge on any atom is -0.334 e. The van der Waals surface area contributed by atoms with E-state index in [1.807, 2.05) is 7.05 Å². The summed E-state index contributed by atoms with van der Waals surface area (Å²) in [6.07, 6.45) is 1.26. The number of carbonyl (C=O) groups excluding carboxylic acids is 1. The van der Waals surface area contributed by atoms with Crippen LogP contribution in [-0.2, 0) is 0 Å². The Kier molecular flexibility index (Phi) is 4.69. The second-order valence-electron chi connectivity index (χ2n) is 5.11. The SMILES string of the molecule is CN1CCC(C#N)(NC(=O)c2cc(Cl)cc(Br)c2)CC1. The molecule has 0 bridgehead atoms. The van der Waals surface area contributed by atoms with Gasteiger partial charge in [-0.05, 0) is 38.1 Å². The first-order valence-electron chi connectivity index (χ1n) is 6.32. The fourth-order valence-corrected chi connectivity index (χ4v) is 3.10. The Morgan fingerprint density at radius 1 is 1.45 bits per heavy atom. The molecule has 0 aliphatic carbocycles. The largest absolute Gasteiger partial charge is 0.334 e. The van der Waals surface area contributed by atoms with Crippen LogP contribution in [0.5, 0.6) is 0 Å². The predicted octanol–water partition coefficient (Wildman–Crippen LogP) is 2.82. The van der Waals surface area contributed by atoms with Crippen molar-refractivity contribution in [2.45, 2.75) is 18.4 Å². The first kappa shape index (κ1) is 15.3. The van der Waals surface area contributed by atoms with Crippen LogP contribution in [0.3, 0.4) is 0 Å². The van der Waals surface area contributed by atoms with Crippen molar-refractivity contribution < 1.29 is 4.79 Å². The number of hydrogen-bond acceptors (Lipinski definition) is 3. The molecule has 4 nitrogen and oxygen atoms in total. The molecule has 1 amide bonds. The van der Waals surface area contributed by atoms with Gasteiger partial charge in [0.1, 0.15) is 5.54 Å². The Balaban J connectivity index is 2.16. The highest BCUT2D eigenvalue weighted by Crippen LogP contribution is 2.23. The van der Waals surface area contributed by atoms with E-state index >= 15 is 0 Å².